The van der Waals surface area contributed by atoms with Crippen LogP contribution in [0.2, 0.25) is 5.15 Å². The number of H-pyrrole nitrogens is 1. The first kappa shape index (κ1) is 11.0. The van der Waals surface area contributed by atoms with Gasteiger partial charge in [-0.05, 0) is 23.9 Å². The molecule has 0 atom stereocenters. The predicted molar refractivity (Wildman–Crippen MR) is 58.9 cm³/mol. The van der Waals surface area contributed by atoms with Gasteiger partial charge in [0.1, 0.15) is 10.2 Å². The van der Waals surface area contributed by atoms with Crippen LogP contribution in [0.15, 0.2) is 34.7 Å². The molecule has 16 heavy (non-hydrogen) atoms. The zero-order valence-electron chi connectivity index (χ0n) is 7.85. The number of carbonyl (C=O) groups is 1. The molecule has 0 saturated carbocycles. The zero-order chi connectivity index (χ0) is 11.5. The van der Waals surface area contributed by atoms with Gasteiger partial charge < -0.3 is 10.1 Å². The second-order valence-corrected chi connectivity index (χ2v) is 4.15. The predicted octanol–water partition coefficient (Wildman–Crippen LogP) is 2.31. The topological polar surface area (TPSA) is 78.9 Å². The SMILES string of the molecule is O=C(O)c1ccc(Cl)nc1Sc1ncc[nH]1. The number of halogens is 1. The molecule has 5 nitrogen and oxygen atoms in total. The summed E-state index contributed by atoms with van der Waals surface area (Å²) < 4.78 is 0. The Morgan fingerprint density at radius 3 is 2.94 bits per heavy atom. The molecule has 0 aliphatic carbocycles. The van der Waals surface area contributed by atoms with E-state index in [0.29, 0.717) is 10.2 Å². The summed E-state index contributed by atoms with van der Waals surface area (Å²) in [5, 5.41) is 10.1. The molecule has 0 radical (unpaired) electrons. The number of imidazole rings is 1. The van der Waals surface area contributed by atoms with E-state index >= 15 is 0 Å². The molecule has 0 aromatic carbocycles. The number of rotatable bonds is 3. The number of hydrogen-bond donors (Lipinski definition) is 2. The highest BCUT2D eigenvalue weighted by Crippen LogP contribution is 2.27. The van der Waals surface area contributed by atoms with Gasteiger partial charge in [-0.1, -0.05) is 11.6 Å². The van der Waals surface area contributed by atoms with Crippen LogP contribution in [0.25, 0.3) is 0 Å². The van der Waals surface area contributed by atoms with Gasteiger partial charge in [0, 0.05) is 12.4 Å². The Bertz CT molecular complexity index is 515. The van der Waals surface area contributed by atoms with Crippen molar-refractivity contribution in [2.75, 3.05) is 0 Å². The first-order valence-electron chi connectivity index (χ1n) is 4.24. The zero-order valence-corrected chi connectivity index (χ0v) is 9.42. The smallest absolute Gasteiger partial charge is 0.338 e. The van der Waals surface area contributed by atoms with Crippen molar-refractivity contribution in [1.29, 1.82) is 0 Å². The normalized spacial score (nSPS) is 10.3. The lowest BCUT2D eigenvalue weighted by molar-refractivity contribution is 0.0692. The fourth-order valence-electron chi connectivity index (χ4n) is 1.06. The molecule has 82 valence electrons. The Hall–Kier alpha value is -1.53. The third kappa shape index (κ3) is 2.34. The van der Waals surface area contributed by atoms with Crippen LogP contribution in [0.3, 0.4) is 0 Å². The van der Waals surface area contributed by atoms with Gasteiger partial charge in [-0.25, -0.2) is 14.8 Å². The van der Waals surface area contributed by atoms with Gasteiger partial charge >= 0.3 is 5.97 Å². The Morgan fingerprint density at radius 1 is 1.50 bits per heavy atom. The third-order valence-corrected chi connectivity index (χ3v) is 2.85. The Labute approximate surface area is 99.9 Å². The molecule has 2 heterocycles. The fraction of sp³-hybridized carbons (Fsp3) is 0. The van der Waals surface area contributed by atoms with Gasteiger partial charge in [0.2, 0.25) is 0 Å². The minimum absolute atomic E-state index is 0.103. The van der Waals surface area contributed by atoms with E-state index in [4.69, 9.17) is 16.7 Å². The van der Waals surface area contributed by atoms with Gasteiger partial charge in [-0.15, -0.1) is 0 Å². The molecular weight excluding hydrogens is 250 g/mol. The van der Waals surface area contributed by atoms with E-state index < -0.39 is 5.97 Å². The highest BCUT2D eigenvalue weighted by Gasteiger charge is 2.14. The average Bonchev–Trinajstić information content (AvgIpc) is 2.70. The summed E-state index contributed by atoms with van der Waals surface area (Å²) in [4.78, 5) is 21.7. The highest BCUT2D eigenvalue weighted by atomic mass is 35.5. The van der Waals surface area contributed by atoms with Crippen LogP contribution in [-0.2, 0) is 0 Å². The van der Waals surface area contributed by atoms with Crippen LogP contribution in [0.5, 0.6) is 0 Å². The quantitative estimate of drug-likeness (QED) is 0.823. The van der Waals surface area contributed by atoms with Gasteiger partial charge in [-0.3, -0.25) is 0 Å². The Kier molecular flexibility index (Phi) is 3.12. The first-order valence-corrected chi connectivity index (χ1v) is 5.43. The fourth-order valence-corrected chi connectivity index (χ4v) is 2.09. The molecule has 2 aromatic rings. The molecule has 0 unspecified atom stereocenters. The molecule has 2 N–H and O–H groups in total. The second-order valence-electron chi connectivity index (χ2n) is 2.79. The summed E-state index contributed by atoms with van der Waals surface area (Å²) in [6.45, 7) is 0. The molecule has 0 fully saturated rings. The van der Waals surface area contributed by atoms with Crippen molar-refractivity contribution in [3.8, 4) is 0 Å². The van der Waals surface area contributed by atoms with E-state index in [1.807, 2.05) is 0 Å². The largest absolute Gasteiger partial charge is 0.478 e. The van der Waals surface area contributed by atoms with Crippen molar-refractivity contribution in [2.24, 2.45) is 0 Å². The lowest BCUT2D eigenvalue weighted by atomic mass is 10.3. The number of aromatic amines is 1. The molecule has 0 aliphatic heterocycles. The monoisotopic (exact) mass is 255 g/mol. The molecule has 0 amide bonds. The number of hydrogen-bond acceptors (Lipinski definition) is 4. The maximum Gasteiger partial charge on any atom is 0.338 e. The van der Waals surface area contributed by atoms with Crippen LogP contribution < -0.4 is 0 Å². The molecule has 0 spiro atoms. The van der Waals surface area contributed by atoms with Crippen LogP contribution in [0.4, 0.5) is 0 Å². The van der Waals surface area contributed by atoms with Crippen LogP contribution in [-0.4, -0.2) is 26.0 Å². The standard InChI is InChI=1S/C9H6ClN3O2S/c10-6-2-1-5(8(14)15)7(13-6)16-9-11-3-4-12-9/h1-4H,(H,11,12)(H,14,15). The number of aromatic carboxylic acids is 1. The van der Waals surface area contributed by atoms with E-state index in [2.05, 4.69) is 15.0 Å². The van der Waals surface area contributed by atoms with Gasteiger partial charge in [0.15, 0.2) is 5.16 Å². The van der Waals surface area contributed by atoms with Crippen molar-refractivity contribution in [1.82, 2.24) is 15.0 Å². The van der Waals surface area contributed by atoms with Gasteiger partial charge in [-0.2, -0.15) is 0 Å². The van der Waals surface area contributed by atoms with E-state index in [9.17, 15) is 4.79 Å². The molecule has 2 rings (SSSR count). The van der Waals surface area contributed by atoms with Crippen molar-refractivity contribution in [2.45, 2.75) is 10.2 Å². The summed E-state index contributed by atoms with van der Waals surface area (Å²) in [7, 11) is 0. The first-order chi connectivity index (χ1) is 7.66. The molecular formula is C9H6ClN3O2S. The number of aromatic nitrogens is 3. The summed E-state index contributed by atoms with van der Waals surface area (Å²) in [6, 6.07) is 2.86. The highest BCUT2D eigenvalue weighted by molar-refractivity contribution is 7.99. The van der Waals surface area contributed by atoms with Crippen molar-refractivity contribution < 1.29 is 9.90 Å². The van der Waals surface area contributed by atoms with Crippen molar-refractivity contribution in [3.63, 3.8) is 0 Å². The molecule has 0 saturated heterocycles. The van der Waals surface area contributed by atoms with E-state index in [1.54, 1.807) is 12.4 Å². The average molecular weight is 256 g/mol. The minimum Gasteiger partial charge on any atom is -0.478 e. The van der Waals surface area contributed by atoms with E-state index in [0.717, 1.165) is 11.8 Å². The molecule has 2 aromatic heterocycles. The molecule has 7 heteroatoms. The van der Waals surface area contributed by atoms with Crippen molar-refractivity contribution >= 4 is 29.3 Å². The molecule has 0 bridgehead atoms. The number of nitrogens with zero attached hydrogens (tertiary/aromatic N) is 2. The number of nitrogens with one attached hydrogen (secondary N) is 1. The lowest BCUT2D eigenvalue weighted by Gasteiger charge is -2.02. The van der Waals surface area contributed by atoms with Crippen molar-refractivity contribution in [3.05, 3.63) is 35.2 Å². The van der Waals surface area contributed by atoms with Crippen LogP contribution in [0.1, 0.15) is 10.4 Å². The Morgan fingerprint density at radius 2 is 2.31 bits per heavy atom. The summed E-state index contributed by atoms with van der Waals surface area (Å²) >= 11 is 6.83. The maximum atomic E-state index is 10.9. The third-order valence-electron chi connectivity index (χ3n) is 1.72. The maximum absolute atomic E-state index is 10.9. The summed E-state index contributed by atoms with van der Waals surface area (Å²) in [5.41, 5.74) is 0.103. The van der Waals surface area contributed by atoms with Gasteiger partial charge in [0.25, 0.3) is 0 Å². The second kappa shape index (κ2) is 4.54. The Balaban J connectivity index is 2.38. The van der Waals surface area contributed by atoms with Crippen LogP contribution in [0, 0.1) is 0 Å². The van der Waals surface area contributed by atoms with E-state index in [1.165, 1.54) is 12.1 Å². The van der Waals surface area contributed by atoms with Crippen LogP contribution >= 0.6 is 23.4 Å². The summed E-state index contributed by atoms with van der Waals surface area (Å²) in [6.07, 6.45) is 3.22. The van der Waals surface area contributed by atoms with E-state index in [-0.39, 0.29) is 10.7 Å². The number of carboxylic acids is 1. The minimum atomic E-state index is -1.04. The van der Waals surface area contributed by atoms with Gasteiger partial charge in [0.05, 0.1) is 5.56 Å². The summed E-state index contributed by atoms with van der Waals surface area (Å²) in [5.74, 6) is -1.04. The number of pyridine rings is 1. The number of carboxylic acid groups (broad SMARTS) is 1. The lowest BCUT2D eigenvalue weighted by Crippen LogP contribution is -2.00. The molecule has 0 aliphatic rings.